The van der Waals surface area contributed by atoms with Crippen molar-refractivity contribution in [1.82, 2.24) is 0 Å². The number of rotatable bonds is 4. The predicted octanol–water partition coefficient (Wildman–Crippen LogP) is 5.59. The molecular weight excluding hydrogens is 412 g/mol. The van der Waals surface area contributed by atoms with Crippen molar-refractivity contribution in [3.05, 3.63) is 67.0 Å². The topological polar surface area (TPSA) is 40.6 Å². The lowest BCUT2D eigenvalue weighted by Gasteiger charge is -2.18. The van der Waals surface area contributed by atoms with Crippen molar-refractivity contribution >= 4 is 57.0 Å². The molecular formula is C24H24N2O2S2. The zero-order valence-electron chi connectivity index (χ0n) is 18.0. The van der Waals surface area contributed by atoms with Crippen molar-refractivity contribution in [1.29, 1.82) is 0 Å². The molecule has 0 spiro atoms. The number of anilines is 2. The summed E-state index contributed by atoms with van der Waals surface area (Å²) in [6.45, 7) is 8.08. The summed E-state index contributed by atoms with van der Waals surface area (Å²) in [7, 11) is 3.92. The van der Waals surface area contributed by atoms with Crippen molar-refractivity contribution in [3.8, 4) is 0 Å². The first-order valence-corrected chi connectivity index (χ1v) is 11.4. The van der Waals surface area contributed by atoms with Crippen LogP contribution in [0.3, 0.4) is 0 Å². The molecule has 1 aliphatic rings. The van der Waals surface area contributed by atoms with E-state index in [2.05, 4.69) is 0 Å². The molecule has 3 aromatic rings. The van der Waals surface area contributed by atoms with Crippen molar-refractivity contribution in [2.24, 2.45) is 0 Å². The van der Waals surface area contributed by atoms with Crippen LogP contribution in [-0.4, -0.2) is 25.9 Å². The second kappa shape index (κ2) is 7.52. The third-order valence-electron chi connectivity index (χ3n) is 5.33. The highest BCUT2D eigenvalue weighted by atomic mass is 32.1. The van der Waals surface area contributed by atoms with E-state index >= 15 is 0 Å². The number of carbonyl (C=O) groups excluding carboxylic acids is 2. The maximum atomic E-state index is 13.6. The van der Waals surface area contributed by atoms with Crippen LogP contribution in [0.25, 0.3) is 11.1 Å². The first kappa shape index (κ1) is 20.6. The number of aryl methyl sites for hydroxylation is 4. The number of nitrogens with zero attached hydrogens (tertiary/aromatic N) is 2. The normalized spacial score (nSPS) is 14.3. The molecule has 0 N–H and O–H groups in total. The third-order valence-corrected chi connectivity index (χ3v) is 7.26. The van der Waals surface area contributed by atoms with E-state index in [1.165, 1.54) is 4.90 Å². The van der Waals surface area contributed by atoms with Gasteiger partial charge in [0.25, 0.3) is 11.8 Å². The zero-order valence-corrected chi connectivity index (χ0v) is 19.6. The third kappa shape index (κ3) is 3.30. The summed E-state index contributed by atoms with van der Waals surface area (Å²) in [5.74, 6) is -0.506. The number of amides is 2. The average Bonchev–Trinajstić information content (AvgIpc) is 3.27. The summed E-state index contributed by atoms with van der Waals surface area (Å²) >= 11 is 3.30. The van der Waals surface area contributed by atoms with Crippen LogP contribution in [0.2, 0.25) is 0 Å². The summed E-state index contributed by atoms with van der Waals surface area (Å²) in [5.41, 5.74) is 4.36. The maximum absolute atomic E-state index is 13.6. The molecule has 6 heteroatoms. The molecule has 2 amide bonds. The highest BCUT2D eigenvalue weighted by molar-refractivity contribution is 7.12. The number of carbonyl (C=O) groups is 2. The first-order chi connectivity index (χ1) is 14.2. The van der Waals surface area contributed by atoms with Crippen molar-refractivity contribution in [2.45, 2.75) is 27.7 Å². The molecule has 0 aliphatic carbocycles. The van der Waals surface area contributed by atoms with Crippen LogP contribution in [-0.2, 0) is 9.59 Å². The number of imide groups is 1. The molecule has 4 nitrogen and oxygen atoms in total. The van der Waals surface area contributed by atoms with Gasteiger partial charge in [0, 0.05) is 50.4 Å². The van der Waals surface area contributed by atoms with E-state index in [9.17, 15) is 9.59 Å². The van der Waals surface area contributed by atoms with Gasteiger partial charge in [0.1, 0.15) is 0 Å². The molecule has 0 saturated heterocycles. The van der Waals surface area contributed by atoms with Gasteiger partial charge in [0.2, 0.25) is 0 Å². The number of benzene rings is 1. The highest BCUT2D eigenvalue weighted by Gasteiger charge is 2.42. The second-order valence-corrected chi connectivity index (χ2v) is 10.7. The van der Waals surface area contributed by atoms with E-state index in [0.29, 0.717) is 16.8 Å². The van der Waals surface area contributed by atoms with Crippen LogP contribution in [0, 0.1) is 27.7 Å². The Morgan fingerprint density at radius 2 is 1.17 bits per heavy atom. The molecule has 1 aromatic carbocycles. The number of hydrogen-bond donors (Lipinski definition) is 0. The van der Waals surface area contributed by atoms with Gasteiger partial charge in [-0.15, -0.1) is 22.7 Å². The Balaban J connectivity index is 1.90. The van der Waals surface area contributed by atoms with Crippen LogP contribution < -0.4 is 9.80 Å². The minimum atomic E-state index is -0.253. The molecule has 154 valence electrons. The molecule has 4 rings (SSSR count). The van der Waals surface area contributed by atoms with E-state index in [1.54, 1.807) is 22.7 Å². The standard InChI is InChI=1S/C24H24N2O2S2/c1-13-11-19(15(3)29-13)21-22(20-12-14(2)30-16(20)4)24(28)26(23(21)27)18-9-7-17(8-10-18)25(5)6/h7-12H,1-6H3. The van der Waals surface area contributed by atoms with E-state index in [0.717, 1.165) is 36.3 Å². The summed E-state index contributed by atoms with van der Waals surface area (Å²) in [6.07, 6.45) is 0. The van der Waals surface area contributed by atoms with Gasteiger partial charge < -0.3 is 4.90 Å². The molecule has 0 saturated carbocycles. The van der Waals surface area contributed by atoms with Crippen molar-refractivity contribution in [3.63, 3.8) is 0 Å². The Labute approximate surface area is 185 Å². The number of hydrogen-bond acceptors (Lipinski definition) is 5. The average molecular weight is 437 g/mol. The zero-order chi connectivity index (χ0) is 21.7. The summed E-state index contributed by atoms with van der Waals surface area (Å²) in [5, 5.41) is 0. The second-order valence-electron chi connectivity index (χ2n) is 7.76. The van der Waals surface area contributed by atoms with Gasteiger partial charge in [-0.3, -0.25) is 9.59 Å². The molecule has 30 heavy (non-hydrogen) atoms. The molecule has 2 aromatic heterocycles. The van der Waals surface area contributed by atoms with Gasteiger partial charge in [-0.25, -0.2) is 4.90 Å². The van der Waals surface area contributed by atoms with E-state index < -0.39 is 0 Å². The van der Waals surface area contributed by atoms with Gasteiger partial charge in [0.05, 0.1) is 16.8 Å². The Morgan fingerprint density at radius 3 is 1.50 bits per heavy atom. The lowest BCUT2D eigenvalue weighted by atomic mass is 9.97. The van der Waals surface area contributed by atoms with Gasteiger partial charge in [0.15, 0.2) is 0 Å². The molecule has 0 unspecified atom stereocenters. The maximum Gasteiger partial charge on any atom is 0.266 e. The highest BCUT2D eigenvalue weighted by Crippen LogP contribution is 2.43. The molecule has 3 heterocycles. The summed E-state index contributed by atoms with van der Waals surface area (Å²) < 4.78 is 0. The molecule has 0 fully saturated rings. The SMILES string of the molecule is Cc1cc(C2=C(c3cc(C)sc3C)C(=O)N(c3ccc(N(C)C)cc3)C2=O)c(C)s1. The number of thiophene rings is 2. The minimum absolute atomic E-state index is 0.253. The first-order valence-electron chi connectivity index (χ1n) is 9.74. The molecule has 0 radical (unpaired) electrons. The predicted molar refractivity (Wildman–Crippen MR) is 128 cm³/mol. The Hall–Kier alpha value is -2.70. The fourth-order valence-corrected chi connectivity index (χ4v) is 5.78. The largest absolute Gasteiger partial charge is 0.378 e. The summed E-state index contributed by atoms with van der Waals surface area (Å²) in [6, 6.07) is 11.6. The lowest BCUT2D eigenvalue weighted by Crippen LogP contribution is -2.31. The lowest BCUT2D eigenvalue weighted by molar-refractivity contribution is -0.119. The van der Waals surface area contributed by atoms with Gasteiger partial charge in [-0.2, -0.15) is 0 Å². The van der Waals surface area contributed by atoms with Gasteiger partial charge in [-0.05, 0) is 64.1 Å². The smallest absolute Gasteiger partial charge is 0.266 e. The molecule has 0 bridgehead atoms. The fourth-order valence-electron chi connectivity index (χ4n) is 3.92. The minimum Gasteiger partial charge on any atom is -0.378 e. The van der Waals surface area contributed by atoms with Crippen LogP contribution in [0.15, 0.2) is 36.4 Å². The van der Waals surface area contributed by atoms with E-state index in [-0.39, 0.29) is 11.8 Å². The molecule has 0 atom stereocenters. The van der Waals surface area contributed by atoms with Crippen LogP contribution in [0.1, 0.15) is 30.6 Å². The Morgan fingerprint density at radius 1 is 0.733 bits per heavy atom. The van der Waals surface area contributed by atoms with Crippen molar-refractivity contribution in [2.75, 3.05) is 23.9 Å². The monoisotopic (exact) mass is 436 g/mol. The summed E-state index contributed by atoms with van der Waals surface area (Å²) in [4.78, 5) is 35.0. The van der Waals surface area contributed by atoms with Gasteiger partial charge >= 0.3 is 0 Å². The van der Waals surface area contributed by atoms with Crippen molar-refractivity contribution < 1.29 is 9.59 Å². The van der Waals surface area contributed by atoms with Crippen LogP contribution >= 0.6 is 22.7 Å². The molecule has 1 aliphatic heterocycles. The fraction of sp³-hybridized carbons (Fsp3) is 0.250. The van der Waals surface area contributed by atoms with Crippen LogP contribution in [0.4, 0.5) is 11.4 Å². The Kier molecular flexibility index (Phi) is 5.16. The quantitative estimate of drug-likeness (QED) is 0.500. The van der Waals surface area contributed by atoms with Gasteiger partial charge in [-0.1, -0.05) is 0 Å². The van der Waals surface area contributed by atoms with Crippen LogP contribution in [0.5, 0.6) is 0 Å². The van der Waals surface area contributed by atoms with E-state index in [4.69, 9.17) is 0 Å². The van der Waals surface area contributed by atoms with E-state index in [1.807, 2.05) is 83.1 Å². The Bertz CT molecular complexity index is 1130.